The zero-order valence-electron chi connectivity index (χ0n) is 14.0. The van der Waals surface area contributed by atoms with Crippen LogP contribution in [0.15, 0.2) is 43.1 Å². The molecule has 0 unspecified atom stereocenters. The number of benzene rings is 1. The predicted molar refractivity (Wildman–Crippen MR) is 89.5 cm³/mol. The largest absolute Gasteiger partial charge is 0.370 e. The Morgan fingerprint density at radius 3 is 2.73 bits per heavy atom. The summed E-state index contributed by atoms with van der Waals surface area (Å²) in [5, 5.41) is 15.7. The Labute approximate surface area is 149 Å². The maximum Gasteiger partial charge on any atom is 0.253 e. The van der Waals surface area contributed by atoms with Gasteiger partial charge in [0.15, 0.2) is 0 Å². The number of hydrogen-bond acceptors (Lipinski definition) is 6. The normalized spacial score (nSPS) is 21.9. The Hall–Kier alpha value is -3.07. The van der Waals surface area contributed by atoms with Crippen LogP contribution in [0.5, 0.6) is 0 Å². The number of rotatable bonds is 2. The highest BCUT2D eigenvalue weighted by atomic mass is 16.5. The van der Waals surface area contributed by atoms with E-state index in [1.807, 2.05) is 33.8 Å². The Morgan fingerprint density at radius 1 is 1.12 bits per heavy atom. The van der Waals surface area contributed by atoms with Crippen molar-refractivity contribution in [3.05, 3.63) is 54.4 Å². The number of hydrogen-bond donors (Lipinski definition) is 0. The number of likely N-dealkylation sites (tertiary alicyclic amines) is 1. The van der Waals surface area contributed by atoms with Crippen molar-refractivity contribution >= 4 is 5.91 Å². The van der Waals surface area contributed by atoms with Crippen molar-refractivity contribution in [3.8, 4) is 5.69 Å². The number of carbonyl (C=O) groups excluding carboxylic acids is 1. The van der Waals surface area contributed by atoms with Crippen LogP contribution in [0.2, 0.25) is 0 Å². The van der Waals surface area contributed by atoms with Gasteiger partial charge >= 0.3 is 0 Å². The van der Waals surface area contributed by atoms with E-state index in [-0.39, 0.29) is 18.1 Å². The Morgan fingerprint density at radius 2 is 1.92 bits per heavy atom. The summed E-state index contributed by atoms with van der Waals surface area (Å²) in [7, 11) is 0. The molecule has 0 spiro atoms. The fourth-order valence-electron chi connectivity index (χ4n) is 3.66. The minimum absolute atomic E-state index is 0.0194. The van der Waals surface area contributed by atoms with Crippen molar-refractivity contribution < 1.29 is 9.53 Å². The molecular weight excluding hydrogens is 334 g/mol. The average Bonchev–Trinajstić information content (AvgIpc) is 3.39. The molecule has 1 amide bonds. The summed E-state index contributed by atoms with van der Waals surface area (Å²) < 4.78 is 9.61. The SMILES string of the molecule is O=C(c1ccc(-n2cnnc2)cc1)N1CC[C@H]2OCc3cnnn3[C@H]2C1. The second-order valence-corrected chi connectivity index (χ2v) is 6.54. The molecule has 5 rings (SSSR count). The van der Waals surface area contributed by atoms with Crippen LogP contribution in [-0.4, -0.2) is 59.8 Å². The van der Waals surface area contributed by atoms with E-state index in [1.165, 1.54) is 0 Å². The molecule has 2 aliphatic heterocycles. The number of piperidine rings is 1. The summed E-state index contributed by atoms with van der Waals surface area (Å²) >= 11 is 0. The van der Waals surface area contributed by atoms with Crippen molar-refractivity contribution in [2.45, 2.75) is 25.2 Å². The molecule has 2 atom stereocenters. The van der Waals surface area contributed by atoms with Gasteiger partial charge in [0.05, 0.1) is 30.6 Å². The highest BCUT2D eigenvalue weighted by molar-refractivity contribution is 5.94. The highest BCUT2D eigenvalue weighted by Gasteiger charge is 2.38. The number of aromatic nitrogens is 6. The third-order valence-electron chi connectivity index (χ3n) is 5.05. The van der Waals surface area contributed by atoms with Crippen molar-refractivity contribution in [2.24, 2.45) is 0 Å². The van der Waals surface area contributed by atoms with Crippen LogP contribution in [0.25, 0.3) is 5.69 Å². The third-order valence-corrected chi connectivity index (χ3v) is 5.05. The van der Waals surface area contributed by atoms with Gasteiger partial charge in [0.1, 0.15) is 12.7 Å². The van der Waals surface area contributed by atoms with E-state index in [2.05, 4.69) is 20.5 Å². The summed E-state index contributed by atoms with van der Waals surface area (Å²) in [5.41, 5.74) is 2.54. The van der Waals surface area contributed by atoms with E-state index in [0.717, 1.165) is 17.8 Å². The van der Waals surface area contributed by atoms with Gasteiger partial charge in [0, 0.05) is 24.3 Å². The van der Waals surface area contributed by atoms with Crippen LogP contribution in [-0.2, 0) is 11.3 Å². The Bertz CT molecular complexity index is 919. The van der Waals surface area contributed by atoms with Crippen LogP contribution >= 0.6 is 0 Å². The molecule has 1 saturated heterocycles. The summed E-state index contributed by atoms with van der Waals surface area (Å²) in [6.07, 6.45) is 5.86. The standard InChI is InChI=1S/C17H17N7O2/c25-17(12-1-3-13(4-2-12)23-10-19-20-11-23)22-6-5-16-15(8-22)24-14(9-26-16)7-18-21-24/h1-4,7,10-11,15-16H,5-6,8-9H2/t15-,16+/m0/s1. The molecule has 0 N–H and O–H groups in total. The monoisotopic (exact) mass is 351 g/mol. The quantitative estimate of drug-likeness (QED) is 0.680. The van der Waals surface area contributed by atoms with Gasteiger partial charge in [0.25, 0.3) is 5.91 Å². The topological polar surface area (TPSA) is 91.0 Å². The summed E-state index contributed by atoms with van der Waals surface area (Å²) in [4.78, 5) is 14.8. The van der Waals surface area contributed by atoms with Gasteiger partial charge in [-0.1, -0.05) is 5.21 Å². The molecule has 0 aliphatic carbocycles. The molecule has 0 bridgehead atoms. The molecule has 26 heavy (non-hydrogen) atoms. The second kappa shape index (κ2) is 6.03. The number of fused-ring (bicyclic) bond motifs is 3. The molecule has 9 heteroatoms. The van der Waals surface area contributed by atoms with E-state index in [9.17, 15) is 4.79 Å². The van der Waals surface area contributed by atoms with Crippen LogP contribution in [0.3, 0.4) is 0 Å². The molecule has 0 radical (unpaired) electrons. The molecule has 132 valence electrons. The molecule has 3 aromatic rings. The van der Waals surface area contributed by atoms with Gasteiger partial charge in [-0.3, -0.25) is 9.36 Å². The lowest BCUT2D eigenvalue weighted by atomic mass is 9.99. The van der Waals surface area contributed by atoms with Crippen LogP contribution in [0.1, 0.15) is 28.5 Å². The molecule has 0 saturated carbocycles. The first-order valence-electron chi connectivity index (χ1n) is 8.54. The van der Waals surface area contributed by atoms with Gasteiger partial charge < -0.3 is 9.64 Å². The van der Waals surface area contributed by atoms with Gasteiger partial charge in [0.2, 0.25) is 0 Å². The summed E-state index contributed by atoms with van der Waals surface area (Å²) in [5.74, 6) is 0.0194. The van der Waals surface area contributed by atoms with E-state index in [4.69, 9.17) is 4.74 Å². The van der Waals surface area contributed by atoms with Crippen molar-refractivity contribution in [1.29, 1.82) is 0 Å². The highest BCUT2D eigenvalue weighted by Crippen LogP contribution is 2.30. The molecule has 9 nitrogen and oxygen atoms in total. The second-order valence-electron chi connectivity index (χ2n) is 6.54. The van der Waals surface area contributed by atoms with Crippen LogP contribution in [0, 0.1) is 0 Å². The lowest BCUT2D eigenvalue weighted by molar-refractivity contribution is -0.0605. The van der Waals surface area contributed by atoms with E-state index >= 15 is 0 Å². The number of amides is 1. The zero-order valence-corrected chi connectivity index (χ0v) is 14.0. The summed E-state index contributed by atoms with van der Waals surface area (Å²) in [6.45, 7) is 1.79. The maximum absolute atomic E-state index is 12.9. The minimum Gasteiger partial charge on any atom is -0.370 e. The Balaban J connectivity index is 1.35. The number of nitrogens with zero attached hydrogens (tertiary/aromatic N) is 7. The van der Waals surface area contributed by atoms with E-state index in [1.54, 1.807) is 23.4 Å². The molecule has 4 heterocycles. The zero-order chi connectivity index (χ0) is 17.5. The number of carbonyl (C=O) groups is 1. The first-order chi connectivity index (χ1) is 12.8. The predicted octanol–water partition coefficient (Wildman–Crippen LogP) is 0.845. The van der Waals surface area contributed by atoms with Crippen LogP contribution in [0.4, 0.5) is 0 Å². The van der Waals surface area contributed by atoms with Gasteiger partial charge in [-0.25, -0.2) is 4.68 Å². The molecule has 2 aromatic heterocycles. The van der Waals surface area contributed by atoms with Gasteiger partial charge in [-0.05, 0) is 30.7 Å². The maximum atomic E-state index is 12.9. The summed E-state index contributed by atoms with van der Waals surface area (Å²) in [6, 6.07) is 7.48. The molecule has 1 fully saturated rings. The van der Waals surface area contributed by atoms with Crippen molar-refractivity contribution in [3.63, 3.8) is 0 Å². The lowest BCUT2D eigenvalue weighted by Gasteiger charge is -2.41. The fraction of sp³-hybridized carbons (Fsp3) is 0.353. The minimum atomic E-state index is 0.0194. The molecule has 1 aromatic carbocycles. The van der Waals surface area contributed by atoms with Crippen LogP contribution < -0.4 is 0 Å². The first-order valence-corrected chi connectivity index (χ1v) is 8.54. The van der Waals surface area contributed by atoms with Gasteiger partial charge in [-0.2, -0.15) is 0 Å². The lowest BCUT2D eigenvalue weighted by Crippen LogP contribution is -2.49. The molecular formula is C17H17N7O2. The van der Waals surface area contributed by atoms with E-state index < -0.39 is 0 Å². The van der Waals surface area contributed by atoms with E-state index in [0.29, 0.717) is 25.3 Å². The number of ether oxygens (including phenoxy) is 1. The Kier molecular flexibility index (Phi) is 3.52. The van der Waals surface area contributed by atoms with Crippen molar-refractivity contribution in [2.75, 3.05) is 13.1 Å². The third kappa shape index (κ3) is 2.48. The molecule has 2 aliphatic rings. The average molecular weight is 351 g/mol. The van der Waals surface area contributed by atoms with Gasteiger partial charge in [-0.15, -0.1) is 15.3 Å². The first kappa shape index (κ1) is 15.2. The van der Waals surface area contributed by atoms with Crippen molar-refractivity contribution in [1.82, 2.24) is 34.7 Å². The fourth-order valence-corrected chi connectivity index (χ4v) is 3.66. The smallest absolute Gasteiger partial charge is 0.253 e.